The van der Waals surface area contributed by atoms with E-state index in [1.807, 2.05) is 12.1 Å². The SMILES string of the molecule is O=C(NCc1[nH]nc2ccc(Cl)cc12)c1ncc2ccccc2c1O. The van der Waals surface area contributed by atoms with E-state index in [0.29, 0.717) is 10.4 Å². The molecule has 0 spiro atoms. The van der Waals surface area contributed by atoms with Crippen LogP contribution >= 0.6 is 11.6 Å². The number of rotatable bonds is 3. The molecule has 4 aromatic rings. The predicted molar refractivity (Wildman–Crippen MR) is 95.7 cm³/mol. The number of aromatic amines is 1. The Morgan fingerprint density at radius 3 is 2.92 bits per heavy atom. The average Bonchev–Trinajstić information content (AvgIpc) is 3.02. The van der Waals surface area contributed by atoms with E-state index in [1.165, 1.54) is 0 Å². The third kappa shape index (κ3) is 2.77. The second-order valence-corrected chi connectivity index (χ2v) is 6.03. The Hall–Kier alpha value is -3.12. The second-order valence-electron chi connectivity index (χ2n) is 5.59. The van der Waals surface area contributed by atoms with Gasteiger partial charge >= 0.3 is 0 Å². The number of benzene rings is 2. The minimum Gasteiger partial charge on any atom is -0.505 e. The lowest BCUT2D eigenvalue weighted by molar-refractivity contribution is 0.0943. The standard InChI is InChI=1S/C18H13ClN4O2/c19-11-5-6-14-13(7-11)15(23-22-14)9-21-18(25)16-17(24)12-4-2-1-3-10(12)8-20-16/h1-8,24H,9H2,(H,21,25)(H,22,23). The molecular formula is C18H13ClN4O2. The van der Waals surface area contributed by atoms with Crippen molar-refractivity contribution < 1.29 is 9.90 Å². The van der Waals surface area contributed by atoms with Gasteiger partial charge in [0.05, 0.1) is 17.8 Å². The number of aromatic nitrogens is 3. The first-order valence-electron chi connectivity index (χ1n) is 7.61. The molecule has 0 atom stereocenters. The predicted octanol–water partition coefficient (Wildman–Crippen LogP) is 3.40. The lowest BCUT2D eigenvalue weighted by Gasteiger charge is -2.07. The van der Waals surface area contributed by atoms with E-state index in [0.717, 1.165) is 22.0 Å². The lowest BCUT2D eigenvalue weighted by atomic mass is 10.1. The molecule has 25 heavy (non-hydrogen) atoms. The van der Waals surface area contributed by atoms with Crippen LogP contribution < -0.4 is 5.32 Å². The fourth-order valence-electron chi connectivity index (χ4n) is 2.74. The second kappa shape index (κ2) is 6.07. The number of aromatic hydroxyl groups is 1. The van der Waals surface area contributed by atoms with Gasteiger partial charge in [-0.2, -0.15) is 5.10 Å². The molecule has 124 valence electrons. The van der Waals surface area contributed by atoms with Crippen LogP contribution in [0.5, 0.6) is 5.75 Å². The number of nitrogens with one attached hydrogen (secondary N) is 2. The zero-order valence-corrected chi connectivity index (χ0v) is 13.7. The molecule has 0 radical (unpaired) electrons. The molecule has 0 aliphatic heterocycles. The number of halogens is 1. The van der Waals surface area contributed by atoms with E-state index >= 15 is 0 Å². The number of H-pyrrole nitrogens is 1. The largest absolute Gasteiger partial charge is 0.505 e. The van der Waals surface area contributed by atoms with Gasteiger partial charge in [0.25, 0.3) is 5.91 Å². The number of fused-ring (bicyclic) bond motifs is 2. The zero-order valence-electron chi connectivity index (χ0n) is 13.0. The van der Waals surface area contributed by atoms with Gasteiger partial charge in [-0.1, -0.05) is 35.9 Å². The van der Waals surface area contributed by atoms with Crippen LogP contribution in [0.1, 0.15) is 16.2 Å². The summed E-state index contributed by atoms with van der Waals surface area (Å²) in [5, 5.41) is 22.9. The number of hydrogen-bond acceptors (Lipinski definition) is 4. The molecule has 1 amide bonds. The van der Waals surface area contributed by atoms with E-state index in [2.05, 4.69) is 20.5 Å². The molecule has 0 bridgehead atoms. The monoisotopic (exact) mass is 352 g/mol. The van der Waals surface area contributed by atoms with Crippen LogP contribution in [0.4, 0.5) is 0 Å². The van der Waals surface area contributed by atoms with Crippen molar-refractivity contribution in [2.75, 3.05) is 0 Å². The van der Waals surface area contributed by atoms with Crippen LogP contribution in [0.2, 0.25) is 5.02 Å². The smallest absolute Gasteiger partial charge is 0.274 e. The highest BCUT2D eigenvalue weighted by atomic mass is 35.5. The number of nitrogens with zero attached hydrogens (tertiary/aromatic N) is 2. The molecule has 3 N–H and O–H groups in total. The molecule has 0 aliphatic rings. The molecule has 0 fully saturated rings. The summed E-state index contributed by atoms with van der Waals surface area (Å²) in [4.78, 5) is 16.5. The Morgan fingerprint density at radius 1 is 1.20 bits per heavy atom. The normalized spacial score (nSPS) is 11.1. The molecule has 0 saturated heterocycles. The van der Waals surface area contributed by atoms with Crippen molar-refractivity contribution in [1.29, 1.82) is 0 Å². The van der Waals surface area contributed by atoms with Gasteiger partial charge in [0.1, 0.15) is 0 Å². The van der Waals surface area contributed by atoms with Gasteiger partial charge in [0.15, 0.2) is 11.4 Å². The van der Waals surface area contributed by atoms with E-state index in [1.54, 1.807) is 36.5 Å². The van der Waals surface area contributed by atoms with Gasteiger partial charge in [0, 0.05) is 27.4 Å². The fourth-order valence-corrected chi connectivity index (χ4v) is 2.91. The molecule has 0 unspecified atom stereocenters. The summed E-state index contributed by atoms with van der Waals surface area (Å²) in [6.45, 7) is 0.212. The fraction of sp³-hybridized carbons (Fsp3) is 0.0556. The van der Waals surface area contributed by atoms with Gasteiger partial charge in [-0.15, -0.1) is 0 Å². The van der Waals surface area contributed by atoms with Crippen molar-refractivity contribution in [2.45, 2.75) is 6.54 Å². The molecule has 7 heteroatoms. The maximum Gasteiger partial charge on any atom is 0.274 e. The number of carbonyl (C=O) groups is 1. The minimum absolute atomic E-state index is 0.0134. The number of amides is 1. The van der Waals surface area contributed by atoms with Crippen molar-refractivity contribution in [3.05, 3.63) is 65.1 Å². The summed E-state index contributed by atoms with van der Waals surface area (Å²) < 4.78 is 0. The van der Waals surface area contributed by atoms with Crippen molar-refractivity contribution >= 4 is 39.2 Å². The van der Waals surface area contributed by atoms with Crippen molar-refractivity contribution in [3.63, 3.8) is 0 Å². The third-order valence-corrected chi connectivity index (χ3v) is 4.24. The molecule has 0 saturated carbocycles. The number of carbonyl (C=O) groups excluding carboxylic acids is 1. The summed E-state index contributed by atoms with van der Waals surface area (Å²) in [7, 11) is 0. The summed E-state index contributed by atoms with van der Waals surface area (Å²) in [6.07, 6.45) is 1.56. The van der Waals surface area contributed by atoms with Crippen molar-refractivity contribution in [3.8, 4) is 5.75 Å². The van der Waals surface area contributed by atoms with Gasteiger partial charge in [-0.25, -0.2) is 4.98 Å². The van der Waals surface area contributed by atoms with Crippen LogP contribution in [-0.4, -0.2) is 26.2 Å². The molecule has 4 rings (SSSR count). The highest BCUT2D eigenvalue weighted by Gasteiger charge is 2.16. The first-order valence-corrected chi connectivity index (χ1v) is 7.98. The molecule has 2 heterocycles. The lowest BCUT2D eigenvalue weighted by Crippen LogP contribution is -2.24. The topological polar surface area (TPSA) is 90.9 Å². The Balaban J connectivity index is 1.60. The minimum atomic E-state index is -0.465. The molecule has 0 aliphatic carbocycles. The summed E-state index contributed by atoms with van der Waals surface area (Å²) >= 11 is 6.01. The van der Waals surface area contributed by atoms with Gasteiger partial charge < -0.3 is 10.4 Å². The molecule has 6 nitrogen and oxygen atoms in total. The van der Waals surface area contributed by atoms with E-state index in [-0.39, 0.29) is 18.0 Å². The number of hydrogen-bond donors (Lipinski definition) is 3. The maximum absolute atomic E-state index is 12.4. The first-order chi connectivity index (χ1) is 12.1. The van der Waals surface area contributed by atoms with Gasteiger partial charge in [0.2, 0.25) is 0 Å². The van der Waals surface area contributed by atoms with Gasteiger partial charge in [-0.05, 0) is 18.2 Å². The van der Waals surface area contributed by atoms with Crippen LogP contribution in [0.3, 0.4) is 0 Å². The summed E-state index contributed by atoms with van der Waals surface area (Å²) in [6, 6.07) is 12.5. The molecular weight excluding hydrogens is 340 g/mol. The van der Waals surface area contributed by atoms with Crippen LogP contribution in [-0.2, 0) is 6.54 Å². The van der Waals surface area contributed by atoms with E-state index < -0.39 is 5.91 Å². The van der Waals surface area contributed by atoms with Crippen LogP contribution in [0, 0.1) is 0 Å². The zero-order chi connectivity index (χ0) is 17.4. The highest BCUT2D eigenvalue weighted by molar-refractivity contribution is 6.31. The summed E-state index contributed by atoms with van der Waals surface area (Å²) in [5.74, 6) is -0.596. The Bertz CT molecular complexity index is 1110. The maximum atomic E-state index is 12.4. The Kier molecular flexibility index (Phi) is 3.74. The van der Waals surface area contributed by atoms with Crippen LogP contribution in [0.25, 0.3) is 21.7 Å². The van der Waals surface area contributed by atoms with E-state index in [9.17, 15) is 9.90 Å². The van der Waals surface area contributed by atoms with Crippen molar-refractivity contribution in [1.82, 2.24) is 20.5 Å². The van der Waals surface area contributed by atoms with Crippen molar-refractivity contribution in [2.24, 2.45) is 0 Å². The summed E-state index contributed by atoms with van der Waals surface area (Å²) in [5.41, 5.74) is 1.48. The number of pyridine rings is 1. The highest BCUT2D eigenvalue weighted by Crippen LogP contribution is 2.26. The van der Waals surface area contributed by atoms with Gasteiger partial charge in [-0.3, -0.25) is 9.89 Å². The van der Waals surface area contributed by atoms with E-state index in [4.69, 9.17) is 11.6 Å². The quantitative estimate of drug-likeness (QED) is 0.527. The average molecular weight is 353 g/mol. The Morgan fingerprint density at radius 2 is 2.04 bits per heavy atom. The first kappa shape index (κ1) is 15.4. The Labute approximate surface area is 147 Å². The third-order valence-electron chi connectivity index (χ3n) is 4.01. The molecule has 2 aromatic carbocycles. The molecule has 2 aromatic heterocycles. The van der Waals surface area contributed by atoms with Crippen LogP contribution in [0.15, 0.2) is 48.7 Å².